The quantitative estimate of drug-likeness (QED) is 0.276. The van der Waals surface area contributed by atoms with Gasteiger partial charge in [0.1, 0.15) is 0 Å². The maximum absolute atomic E-state index is 12.6. The van der Waals surface area contributed by atoms with E-state index in [1.54, 1.807) is 0 Å². The number of hydrogen-bond acceptors (Lipinski definition) is 6. The van der Waals surface area contributed by atoms with Crippen molar-refractivity contribution >= 4 is 18.0 Å². The first-order valence-corrected chi connectivity index (χ1v) is 5.14. The standard InChI is InChI=1S/C7H8F6O5S/c1-3(2)16-4(14)5(6(8,9)10,7(11,12)13)19-18-17-15/h3,15H,1-2H3. The van der Waals surface area contributed by atoms with Crippen LogP contribution in [0.4, 0.5) is 26.3 Å². The van der Waals surface area contributed by atoms with E-state index in [0.717, 1.165) is 13.8 Å². The Hall–Kier alpha value is -0.720. The third-order valence-corrected chi connectivity index (χ3v) is 2.63. The number of ether oxygens (including phenoxy) is 1. The molecule has 114 valence electrons. The molecule has 12 heteroatoms. The fourth-order valence-electron chi connectivity index (χ4n) is 0.884. The van der Waals surface area contributed by atoms with E-state index < -0.39 is 41.2 Å². The van der Waals surface area contributed by atoms with Crippen molar-refractivity contribution in [3.05, 3.63) is 0 Å². The van der Waals surface area contributed by atoms with Gasteiger partial charge in [0, 0.05) is 0 Å². The fraction of sp³-hybridized carbons (Fsp3) is 0.857. The third-order valence-electron chi connectivity index (χ3n) is 1.62. The molecule has 0 aliphatic rings. The van der Waals surface area contributed by atoms with Gasteiger partial charge < -0.3 is 4.74 Å². The van der Waals surface area contributed by atoms with Gasteiger partial charge in [-0.05, 0) is 13.8 Å². The van der Waals surface area contributed by atoms with Crippen molar-refractivity contribution in [3.8, 4) is 0 Å². The van der Waals surface area contributed by atoms with Gasteiger partial charge in [-0.25, -0.2) is 10.1 Å². The molecule has 0 saturated carbocycles. The summed E-state index contributed by atoms with van der Waals surface area (Å²) in [7, 11) is 0. The van der Waals surface area contributed by atoms with Crippen LogP contribution in [-0.2, 0) is 18.9 Å². The van der Waals surface area contributed by atoms with Crippen molar-refractivity contribution in [1.29, 1.82) is 0 Å². The van der Waals surface area contributed by atoms with Gasteiger partial charge in [0.25, 0.3) is 0 Å². The van der Waals surface area contributed by atoms with E-state index in [0.29, 0.717) is 0 Å². The second-order valence-corrected chi connectivity index (χ2v) is 4.27. The van der Waals surface area contributed by atoms with Gasteiger partial charge in [0.15, 0.2) is 0 Å². The van der Waals surface area contributed by atoms with Gasteiger partial charge in [-0.3, -0.25) is 0 Å². The monoisotopic (exact) mass is 318 g/mol. The lowest BCUT2D eigenvalue weighted by molar-refractivity contribution is -0.434. The highest BCUT2D eigenvalue weighted by Gasteiger charge is 2.79. The fourth-order valence-corrected chi connectivity index (χ4v) is 1.32. The Balaban J connectivity index is 5.70. The Morgan fingerprint density at radius 2 is 1.53 bits per heavy atom. The average Bonchev–Trinajstić information content (AvgIpc) is 2.12. The normalized spacial score (nSPS) is 13.8. The van der Waals surface area contributed by atoms with Crippen LogP contribution < -0.4 is 0 Å². The molecular weight excluding hydrogens is 310 g/mol. The van der Waals surface area contributed by atoms with Gasteiger partial charge in [0.05, 0.1) is 18.1 Å². The van der Waals surface area contributed by atoms with Crippen molar-refractivity contribution in [1.82, 2.24) is 0 Å². The SMILES string of the molecule is CC(C)OC(=O)C(SOOO)(C(F)(F)F)C(F)(F)F. The summed E-state index contributed by atoms with van der Waals surface area (Å²) in [5.41, 5.74) is 0. The lowest BCUT2D eigenvalue weighted by atomic mass is 10.1. The minimum absolute atomic E-state index is 1.06. The van der Waals surface area contributed by atoms with Gasteiger partial charge in [-0.15, -0.1) is 4.33 Å². The maximum atomic E-state index is 12.6. The van der Waals surface area contributed by atoms with E-state index in [2.05, 4.69) is 14.1 Å². The predicted octanol–water partition coefficient (Wildman–Crippen LogP) is 2.87. The molecule has 0 heterocycles. The van der Waals surface area contributed by atoms with Crippen molar-refractivity contribution in [2.24, 2.45) is 0 Å². The number of alkyl halides is 6. The van der Waals surface area contributed by atoms with Gasteiger partial charge >= 0.3 is 23.1 Å². The second-order valence-electron chi connectivity index (χ2n) is 3.36. The topological polar surface area (TPSA) is 65.0 Å². The van der Waals surface area contributed by atoms with Crippen molar-refractivity contribution in [3.63, 3.8) is 0 Å². The predicted molar refractivity (Wildman–Crippen MR) is 48.5 cm³/mol. The zero-order valence-electron chi connectivity index (χ0n) is 9.33. The molecule has 0 radical (unpaired) electrons. The highest BCUT2D eigenvalue weighted by Crippen LogP contribution is 2.53. The summed E-state index contributed by atoms with van der Waals surface area (Å²) in [6.07, 6.45) is -13.4. The van der Waals surface area contributed by atoms with Crippen molar-refractivity contribution < 1.29 is 50.5 Å². The van der Waals surface area contributed by atoms with Crippen molar-refractivity contribution in [2.45, 2.75) is 37.1 Å². The molecule has 1 N–H and O–H groups in total. The molecule has 0 aromatic carbocycles. The molecule has 0 unspecified atom stereocenters. The molecule has 0 aliphatic carbocycles. The highest BCUT2D eigenvalue weighted by atomic mass is 32.2. The number of carbonyl (C=O) groups excluding carboxylic acids is 1. The van der Waals surface area contributed by atoms with Crippen LogP contribution in [0.15, 0.2) is 0 Å². The molecule has 0 saturated heterocycles. The first-order chi connectivity index (χ1) is 8.40. The molecule has 0 bridgehead atoms. The van der Waals surface area contributed by atoms with E-state index >= 15 is 0 Å². The van der Waals surface area contributed by atoms with Crippen LogP contribution in [0.5, 0.6) is 0 Å². The molecule has 0 aliphatic heterocycles. The molecule has 0 amide bonds. The minimum Gasteiger partial charge on any atom is -0.461 e. The summed E-state index contributed by atoms with van der Waals surface area (Å²) in [6.45, 7) is 2.12. The summed E-state index contributed by atoms with van der Waals surface area (Å²) in [5, 5.41) is 10.4. The third kappa shape index (κ3) is 3.87. The van der Waals surface area contributed by atoms with Crippen LogP contribution in [0.2, 0.25) is 0 Å². The van der Waals surface area contributed by atoms with Crippen LogP contribution in [0.25, 0.3) is 0 Å². The Morgan fingerprint density at radius 3 is 1.79 bits per heavy atom. The average molecular weight is 318 g/mol. The first-order valence-electron chi connectivity index (χ1n) is 4.40. The number of rotatable bonds is 5. The smallest absolute Gasteiger partial charge is 0.425 e. The van der Waals surface area contributed by atoms with E-state index in [1.165, 1.54) is 0 Å². The van der Waals surface area contributed by atoms with Crippen LogP contribution in [0.1, 0.15) is 13.8 Å². The molecule has 0 rings (SSSR count). The van der Waals surface area contributed by atoms with Gasteiger partial charge in [-0.1, -0.05) is 5.04 Å². The molecule has 0 spiro atoms. The highest BCUT2D eigenvalue weighted by molar-refractivity contribution is 7.96. The number of carbonyl (C=O) groups is 1. The van der Waals surface area contributed by atoms with E-state index in [9.17, 15) is 31.1 Å². The van der Waals surface area contributed by atoms with Crippen LogP contribution in [0.3, 0.4) is 0 Å². The van der Waals surface area contributed by atoms with Crippen LogP contribution in [-0.4, -0.2) is 34.4 Å². The maximum Gasteiger partial charge on any atom is 0.425 e. The van der Waals surface area contributed by atoms with E-state index in [1.807, 2.05) is 0 Å². The van der Waals surface area contributed by atoms with Crippen LogP contribution in [0, 0.1) is 0 Å². The molecule has 5 nitrogen and oxygen atoms in total. The summed E-state index contributed by atoms with van der Waals surface area (Å²) < 4.78 is 77.9. The Bertz CT molecular complexity index is 300. The molecule has 0 atom stereocenters. The minimum atomic E-state index is -6.10. The number of hydrogen-bond donors (Lipinski definition) is 1. The Morgan fingerprint density at radius 1 is 1.11 bits per heavy atom. The number of halogens is 6. The lowest BCUT2D eigenvalue weighted by Gasteiger charge is -2.32. The van der Waals surface area contributed by atoms with Gasteiger partial charge in [0.2, 0.25) is 0 Å². The number of esters is 1. The first kappa shape index (κ1) is 18.3. The molecule has 0 fully saturated rings. The summed E-state index contributed by atoms with van der Waals surface area (Å²) >= 11 is -1.46. The van der Waals surface area contributed by atoms with E-state index in [4.69, 9.17) is 5.26 Å². The van der Waals surface area contributed by atoms with Crippen LogP contribution >= 0.6 is 12.0 Å². The largest absolute Gasteiger partial charge is 0.461 e. The molecule has 0 aromatic rings. The van der Waals surface area contributed by atoms with Gasteiger partial charge in [-0.2, -0.15) is 26.3 Å². The Labute approximate surface area is 106 Å². The summed E-state index contributed by atoms with van der Waals surface area (Å²) in [4.78, 5) is 11.2. The Kier molecular flexibility index (Phi) is 5.92. The lowest BCUT2D eigenvalue weighted by Crippen LogP contribution is -2.60. The molecule has 0 aromatic heterocycles. The zero-order chi connectivity index (χ0) is 15.5. The second kappa shape index (κ2) is 6.15. The zero-order valence-corrected chi connectivity index (χ0v) is 10.2. The summed E-state index contributed by atoms with van der Waals surface area (Å²) in [5.74, 6) is -2.63. The van der Waals surface area contributed by atoms with E-state index in [-0.39, 0.29) is 0 Å². The summed E-state index contributed by atoms with van der Waals surface area (Å²) in [6, 6.07) is 0. The van der Waals surface area contributed by atoms with Crippen molar-refractivity contribution in [2.75, 3.05) is 0 Å². The molecular formula is C7H8F6O5S. The molecule has 19 heavy (non-hydrogen) atoms.